The maximum Gasteiger partial charge on any atom is 0.324 e. The van der Waals surface area contributed by atoms with Gasteiger partial charge in [-0.2, -0.15) is 0 Å². The van der Waals surface area contributed by atoms with Gasteiger partial charge in [-0.1, -0.05) is 19.4 Å². The number of aromatic nitrogens is 1. The van der Waals surface area contributed by atoms with Crippen LogP contribution < -0.4 is 0 Å². The van der Waals surface area contributed by atoms with Crippen molar-refractivity contribution in [2.75, 3.05) is 0 Å². The SMILES string of the molecule is CCCc1cccnc1.O=[N+]([O-])c1cc([N+](=O)[O-])c(O)c([N+](=O)[O-])c1. The van der Waals surface area contributed by atoms with Crippen molar-refractivity contribution in [2.45, 2.75) is 19.8 Å². The molecule has 0 aliphatic heterocycles. The number of phenols is 1. The van der Waals surface area contributed by atoms with E-state index in [1.807, 2.05) is 12.3 Å². The molecule has 1 aromatic heterocycles. The number of benzene rings is 1. The van der Waals surface area contributed by atoms with Crippen molar-refractivity contribution in [1.82, 2.24) is 4.98 Å². The van der Waals surface area contributed by atoms with Gasteiger partial charge in [0.05, 0.1) is 26.9 Å². The number of aryl methyl sites for hydroxylation is 1. The smallest absolute Gasteiger partial charge is 0.324 e. The molecule has 0 atom stereocenters. The molecule has 2 aromatic rings. The Morgan fingerprint density at radius 1 is 1.04 bits per heavy atom. The van der Waals surface area contributed by atoms with Crippen molar-refractivity contribution in [1.29, 1.82) is 0 Å². The Bertz CT molecular complexity index is 745. The van der Waals surface area contributed by atoms with Gasteiger partial charge in [-0.3, -0.25) is 35.3 Å². The molecule has 25 heavy (non-hydrogen) atoms. The average Bonchev–Trinajstić information content (AvgIpc) is 2.56. The maximum atomic E-state index is 10.4. The number of nitrogens with zero attached hydrogens (tertiary/aromatic N) is 4. The molecule has 0 bridgehead atoms. The minimum absolute atomic E-state index is 0.447. The van der Waals surface area contributed by atoms with E-state index in [2.05, 4.69) is 18.0 Å². The predicted molar refractivity (Wildman–Crippen MR) is 86.3 cm³/mol. The highest BCUT2D eigenvalue weighted by atomic mass is 16.6. The first kappa shape index (κ1) is 19.4. The number of non-ortho nitro benzene ring substituents is 1. The van der Waals surface area contributed by atoms with Crippen LogP contribution >= 0.6 is 0 Å². The van der Waals surface area contributed by atoms with Crippen LogP contribution in [0, 0.1) is 30.3 Å². The van der Waals surface area contributed by atoms with Crippen molar-refractivity contribution >= 4 is 17.1 Å². The van der Waals surface area contributed by atoms with E-state index in [0.29, 0.717) is 12.1 Å². The molecule has 0 saturated heterocycles. The number of rotatable bonds is 5. The summed E-state index contributed by atoms with van der Waals surface area (Å²) < 4.78 is 0. The van der Waals surface area contributed by atoms with E-state index in [-0.39, 0.29) is 0 Å². The summed E-state index contributed by atoms with van der Waals surface area (Å²) in [6, 6.07) is 4.98. The topological polar surface area (TPSA) is 163 Å². The largest absolute Gasteiger partial charge is 0.497 e. The Hall–Kier alpha value is -3.63. The number of hydrogen-bond donors (Lipinski definition) is 1. The molecule has 1 aromatic carbocycles. The third-order valence-corrected chi connectivity index (χ3v) is 2.92. The van der Waals surface area contributed by atoms with Gasteiger partial charge in [-0.05, 0) is 18.1 Å². The standard InChI is InChI=1S/C8H11N.C6H3N3O7/c1-2-4-8-5-3-6-9-7-8;10-6-4(8(13)14)1-3(7(11)12)2-5(6)9(15)16/h3,5-7H,2,4H2,1H3;1-2,10H. The number of nitro groups is 3. The number of nitro benzene ring substituents is 3. The zero-order valence-corrected chi connectivity index (χ0v) is 13.1. The molecule has 0 fully saturated rings. The lowest BCUT2D eigenvalue weighted by Crippen LogP contribution is -1.97. The number of phenolic OH excluding ortho intramolecular Hbond substituents is 1. The second-order valence-corrected chi connectivity index (χ2v) is 4.72. The van der Waals surface area contributed by atoms with E-state index in [9.17, 15) is 30.3 Å². The second-order valence-electron chi connectivity index (χ2n) is 4.72. The molecular formula is C14H14N4O7. The highest BCUT2D eigenvalue weighted by Crippen LogP contribution is 2.38. The minimum atomic E-state index is -1.21. The van der Waals surface area contributed by atoms with Gasteiger partial charge in [-0.25, -0.2) is 0 Å². The van der Waals surface area contributed by atoms with Crippen LogP contribution in [0.2, 0.25) is 0 Å². The molecule has 0 aliphatic carbocycles. The third-order valence-electron chi connectivity index (χ3n) is 2.92. The fourth-order valence-corrected chi connectivity index (χ4v) is 1.81. The third kappa shape index (κ3) is 5.49. The van der Waals surface area contributed by atoms with Crippen LogP contribution in [0.5, 0.6) is 5.75 Å². The quantitative estimate of drug-likeness (QED) is 0.634. The van der Waals surface area contributed by atoms with E-state index in [1.165, 1.54) is 12.0 Å². The van der Waals surface area contributed by atoms with Crippen molar-refractivity contribution in [3.63, 3.8) is 0 Å². The summed E-state index contributed by atoms with van der Waals surface area (Å²) in [4.78, 5) is 31.8. The van der Waals surface area contributed by atoms with Gasteiger partial charge < -0.3 is 5.11 Å². The lowest BCUT2D eigenvalue weighted by molar-refractivity contribution is -0.404. The van der Waals surface area contributed by atoms with Gasteiger partial charge in [0.1, 0.15) is 0 Å². The van der Waals surface area contributed by atoms with Crippen LogP contribution in [0.1, 0.15) is 18.9 Å². The Kier molecular flexibility index (Phi) is 6.88. The predicted octanol–water partition coefficient (Wildman–Crippen LogP) is 3.15. The summed E-state index contributed by atoms with van der Waals surface area (Å²) >= 11 is 0. The molecule has 1 heterocycles. The van der Waals surface area contributed by atoms with Gasteiger partial charge in [0.2, 0.25) is 0 Å². The summed E-state index contributed by atoms with van der Waals surface area (Å²) in [6.07, 6.45) is 6.07. The summed E-state index contributed by atoms with van der Waals surface area (Å²) in [6.45, 7) is 2.17. The van der Waals surface area contributed by atoms with Crippen molar-refractivity contribution in [2.24, 2.45) is 0 Å². The molecule has 0 aliphatic rings. The molecule has 0 unspecified atom stereocenters. The highest BCUT2D eigenvalue weighted by molar-refractivity contribution is 5.64. The summed E-state index contributed by atoms with van der Waals surface area (Å²) in [5, 5.41) is 40.2. The zero-order chi connectivity index (χ0) is 19.0. The Labute approximate surface area is 141 Å². The van der Waals surface area contributed by atoms with E-state index >= 15 is 0 Å². The van der Waals surface area contributed by atoms with Crippen LogP contribution in [-0.2, 0) is 6.42 Å². The van der Waals surface area contributed by atoms with Gasteiger partial charge in [-0.15, -0.1) is 0 Å². The first-order chi connectivity index (χ1) is 11.8. The highest BCUT2D eigenvalue weighted by Gasteiger charge is 2.30. The molecule has 0 radical (unpaired) electrons. The van der Waals surface area contributed by atoms with Gasteiger partial charge >= 0.3 is 11.4 Å². The van der Waals surface area contributed by atoms with E-state index in [4.69, 9.17) is 5.11 Å². The first-order valence-corrected chi connectivity index (χ1v) is 6.97. The number of aromatic hydroxyl groups is 1. The monoisotopic (exact) mass is 350 g/mol. The van der Waals surface area contributed by atoms with Gasteiger partial charge in [0.25, 0.3) is 11.4 Å². The summed E-state index contributed by atoms with van der Waals surface area (Å²) in [7, 11) is 0. The zero-order valence-electron chi connectivity index (χ0n) is 13.1. The molecule has 0 amide bonds. The van der Waals surface area contributed by atoms with Crippen molar-refractivity contribution in [3.8, 4) is 5.75 Å². The summed E-state index contributed by atoms with van der Waals surface area (Å²) in [5.41, 5.74) is -1.67. The molecule has 132 valence electrons. The molecule has 2 rings (SSSR count). The molecule has 11 heteroatoms. The molecule has 0 spiro atoms. The number of pyridine rings is 1. The van der Waals surface area contributed by atoms with Gasteiger partial charge in [0.15, 0.2) is 0 Å². The molecule has 1 N–H and O–H groups in total. The Balaban J connectivity index is 0.000000293. The minimum Gasteiger partial charge on any atom is -0.497 e. The van der Waals surface area contributed by atoms with E-state index in [0.717, 1.165) is 6.42 Å². The fraction of sp³-hybridized carbons (Fsp3) is 0.214. The van der Waals surface area contributed by atoms with Gasteiger partial charge in [0, 0.05) is 12.4 Å². The normalized spacial score (nSPS) is 9.64. The molecule has 11 nitrogen and oxygen atoms in total. The second kappa shape index (κ2) is 8.86. The lowest BCUT2D eigenvalue weighted by atomic mass is 10.2. The van der Waals surface area contributed by atoms with Crippen LogP contribution in [0.25, 0.3) is 0 Å². The Morgan fingerprint density at radius 2 is 1.60 bits per heavy atom. The molecule has 0 saturated carbocycles. The maximum absolute atomic E-state index is 10.4. The van der Waals surface area contributed by atoms with E-state index < -0.39 is 37.6 Å². The molecular weight excluding hydrogens is 336 g/mol. The van der Waals surface area contributed by atoms with E-state index in [1.54, 1.807) is 6.20 Å². The van der Waals surface area contributed by atoms with Crippen LogP contribution in [-0.4, -0.2) is 24.9 Å². The van der Waals surface area contributed by atoms with Crippen molar-refractivity contribution in [3.05, 3.63) is 72.6 Å². The Morgan fingerprint density at radius 3 is 1.96 bits per heavy atom. The average molecular weight is 350 g/mol. The lowest BCUT2D eigenvalue weighted by Gasteiger charge is -1.97. The number of hydrogen-bond acceptors (Lipinski definition) is 8. The van der Waals surface area contributed by atoms with Crippen LogP contribution in [0.3, 0.4) is 0 Å². The van der Waals surface area contributed by atoms with Crippen molar-refractivity contribution < 1.29 is 19.9 Å². The summed E-state index contributed by atoms with van der Waals surface area (Å²) in [5.74, 6) is -1.21. The fourth-order valence-electron chi connectivity index (χ4n) is 1.81. The first-order valence-electron chi connectivity index (χ1n) is 6.97. The van der Waals surface area contributed by atoms with Crippen LogP contribution in [0.4, 0.5) is 17.1 Å². The van der Waals surface area contributed by atoms with Crippen LogP contribution in [0.15, 0.2) is 36.7 Å².